The predicted octanol–water partition coefficient (Wildman–Crippen LogP) is 5.01. The zero-order chi connectivity index (χ0) is 24.7. The standard InChI is InChI=1S/C12H6FN3O2.C12H8FN3/c13-11-4-3-9(16(17)18)6-10(11)12-8(7-14)2-1-5-15-12;13-11-4-3-9(15)6-10(11)12-8(7-14)2-1-5-16-12/h1-6H;1-6H,15H2. The lowest BCUT2D eigenvalue weighted by Gasteiger charge is -2.05. The molecular weight excluding hydrogens is 442 g/mol. The third kappa shape index (κ3) is 5.15. The van der Waals surface area contributed by atoms with Crippen molar-refractivity contribution in [3.8, 4) is 34.7 Å². The Morgan fingerprint density at radius 2 is 1.32 bits per heavy atom. The monoisotopic (exact) mass is 456 g/mol. The third-order valence-corrected chi connectivity index (χ3v) is 4.52. The van der Waals surface area contributed by atoms with Gasteiger partial charge >= 0.3 is 0 Å². The maximum Gasteiger partial charge on any atom is 0.270 e. The van der Waals surface area contributed by atoms with E-state index in [1.165, 1.54) is 42.7 Å². The first kappa shape index (κ1) is 23.4. The molecule has 0 amide bonds. The lowest BCUT2D eigenvalue weighted by molar-refractivity contribution is -0.384. The molecule has 4 rings (SSSR count). The van der Waals surface area contributed by atoms with Crippen LogP contribution in [0.1, 0.15) is 11.1 Å². The highest BCUT2D eigenvalue weighted by Crippen LogP contribution is 2.28. The van der Waals surface area contributed by atoms with Crippen LogP contribution < -0.4 is 5.73 Å². The van der Waals surface area contributed by atoms with E-state index in [1.54, 1.807) is 12.1 Å². The normalized spacial score (nSPS) is 9.76. The van der Waals surface area contributed by atoms with Crippen molar-refractivity contribution >= 4 is 11.4 Å². The number of rotatable bonds is 3. The van der Waals surface area contributed by atoms with Crippen molar-refractivity contribution in [2.75, 3.05) is 5.73 Å². The number of nitro groups is 1. The number of halogens is 2. The molecule has 4 aromatic rings. The lowest BCUT2D eigenvalue weighted by atomic mass is 10.1. The summed E-state index contributed by atoms with van der Waals surface area (Å²) >= 11 is 0. The number of aromatic nitrogens is 2. The number of non-ortho nitro benzene ring substituents is 1. The van der Waals surface area contributed by atoms with Gasteiger partial charge in [0.25, 0.3) is 5.69 Å². The van der Waals surface area contributed by atoms with Crippen molar-refractivity contribution in [2.45, 2.75) is 0 Å². The molecule has 0 saturated heterocycles. The SMILES string of the molecule is N#Cc1cccnc1-c1cc(N)ccc1F.N#Cc1cccnc1-c1cc([N+](=O)[O-])ccc1F. The zero-order valence-electron chi connectivity index (χ0n) is 17.3. The Hall–Kier alpha value is -5.22. The lowest BCUT2D eigenvalue weighted by Crippen LogP contribution is -1.94. The Morgan fingerprint density at radius 1 is 0.824 bits per heavy atom. The fourth-order valence-electron chi connectivity index (χ4n) is 2.95. The molecule has 2 aromatic heterocycles. The van der Waals surface area contributed by atoms with Crippen LogP contribution in [0.15, 0.2) is 73.1 Å². The molecule has 0 radical (unpaired) electrons. The van der Waals surface area contributed by atoms with E-state index < -0.39 is 16.6 Å². The number of benzene rings is 2. The Morgan fingerprint density at radius 3 is 1.82 bits per heavy atom. The Balaban J connectivity index is 0.000000192. The molecule has 2 aromatic carbocycles. The summed E-state index contributed by atoms with van der Waals surface area (Å²) in [6.07, 6.45) is 2.91. The average Bonchev–Trinajstić information content (AvgIpc) is 2.86. The highest BCUT2D eigenvalue weighted by molar-refractivity contribution is 5.70. The number of hydrogen-bond donors (Lipinski definition) is 1. The molecule has 166 valence electrons. The minimum atomic E-state index is -0.657. The van der Waals surface area contributed by atoms with E-state index in [1.807, 2.05) is 12.1 Å². The summed E-state index contributed by atoms with van der Waals surface area (Å²) in [5.74, 6) is -1.10. The molecule has 10 heteroatoms. The molecule has 0 aliphatic carbocycles. The molecule has 8 nitrogen and oxygen atoms in total. The first-order valence-corrected chi connectivity index (χ1v) is 9.55. The Bertz CT molecular complexity index is 1460. The highest BCUT2D eigenvalue weighted by atomic mass is 19.1. The minimum absolute atomic E-state index is 0.0543. The molecule has 0 fully saturated rings. The van der Waals surface area contributed by atoms with Gasteiger partial charge in [0.05, 0.1) is 27.4 Å². The van der Waals surface area contributed by atoms with Crippen LogP contribution in [-0.2, 0) is 0 Å². The van der Waals surface area contributed by atoms with Crippen molar-refractivity contribution in [2.24, 2.45) is 0 Å². The second-order valence-corrected chi connectivity index (χ2v) is 6.68. The van der Waals surface area contributed by atoms with E-state index >= 15 is 0 Å². The molecule has 0 atom stereocenters. The van der Waals surface area contributed by atoms with E-state index in [-0.39, 0.29) is 28.1 Å². The van der Waals surface area contributed by atoms with Crippen LogP contribution in [-0.4, -0.2) is 14.9 Å². The number of nitrogens with two attached hydrogens (primary N) is 1. The number of hydrogen-bond acceptors (Lipinski definition) is 7. The number of anilines is 1. The van der Waals surface area contributed by atoms with Crippen molar-refractivity contribution < 1.29 is 13.7 Å². The Kier molecular flexibility index (Phi) is 7.17. The maximum atomic E-state index is 13.7. The van der Waals surface area contributed by atoms with Crippen molar-refractivity contribution in [1.82, 2.24) is 9.97 Å². The molecule has 34 heavy (non-hydrogen) atoms. The van der Waals surface area contributed by atoms with Crippen LogP contribution in [0.4, 0.5) is 20.2 Å². The smallest absolute Gasteiger partial charge is 0.270 e. The fourth-order valence-corrected chi connectivity index (χ4v) is 2.95. The van der Waals surface area contributed by atoms with Gasteiger partial charge in [0, 0.05) is 41.3 Å². The summed E-state index contributed by atoms with van der Waals surface area (Å²) in [4.78, 5) is 17.9. The van der Waals surface area contributed by atoms with E-state index in [0.29, 0.717) is 16.9 Å². The van der Waals surface area contributed by atoms with E-state index in [2.05, 4.69) is 9.97 Å². The maximum absolute atomic E-state index is 13.7. The molecule has 0 saturated carbocycles. The number of nitriles is 2. The van der Waals surface area contributed by atoms with Crippen LogP contribution in [0.25, 0.3) is 22.5 Å². The predicted molar refractivity (Wildman–Crippen MR) is 120 cm³/mol. The number of nitrogens with zero attached hydrogens (tertiary/aromatic N) is 5. The summed E-state index contributed by atoms with van der Waals surface area (Å²) in [6, 6.07) is 17.4. The molecule has 0 aliphatic rings. The van der Waals surface area contributed by atoms with Gasteiger partial charge in [-0.2, -0.15) is 10.5 Å². The number of nitro benzene ring substituents is 1. The summed E-state index contributed by atoms with van der Waals surface area (Å²) in [5, 5.41) is 28.4. The largest absolute Gasteiger partial charge is 0.399 e. The van der Waals surface area contributed by atoms with Crippen LogP contribution >= 0.6 is 0 Å². The molecule has 2 N–H and O–H groups in total. The van der Waals surface area contributed by atoms with Gasteiger partial charge in [-0.25, -0.2) is 8.78 Å². The van der Waals surface area contributed by atoms with Crippen LogP contribution in [0.2, 0.25) is 0 Å². The Labute approximate surface area is 192 Å². The van der Waals surface area contributed by atoms with Gasteiger partial charge in [-0.15, -0.1) is 0 Å². The van der Waals surface area contributed by atoms with Gasteiger partial charge < -0.3 is 5.73 Å². The molecular formula is C24H14F2N6O2. The number of pyridine rings is 2. The summed E-state index contributed by atoms with van der Waals surface area (Å²) in [5.41, 5.74) is 6.86. The van der Waals surface area contributed by atoms with Crippen molar-refractivity contribution in [1.29, 1.82) is 10.5 Å². The highest BCUT2D eigenvalue weighted by Gasteiger charge is 2.16. The van der Waals surface area contributed by atoms with Gasteiger partial charge in [0.2, 0.25) is 0 Å². The van der Waals surface area contributed by atoms with Crippen LogP contribution in [0, 0.1) is 44.4 Å². The summed E-state index contributed by atoms with van der Waals surface area (Å²) in [6.45, 7) is 0. The van der Waals surface area contributed by atoms with Crippen LogP contribution in [0.3, 0.4) is 0 Å². The third-order valence-electron chi connectivity index (χ3n) is 4.52. The zero-order valence-corrected chi connectivity index (χ0v) is 17.3. The van der Waals surface area contributed by atoms with E-state index in [4.69, 9.17) is 16.3 Å². The second-order valence-electron chi connectivity index (χ2n) is 6.68. The molecule has 0 unspecified atom stereocenters. The molecule has 0 aliphatic heterocycles. The van der Waals surface area contributed by atoms with E-state index in [9.17, 15) is 18.9 Å². The quantitative estimate of drug-likeness (QED) is 0.259. The average molecular weight is 456 g/mol. The molecule has 2 heterocycles. The first-order chi connectivity index (χ1) is 16.3. The van der Waals surface area contributed by atoms with Crippen molar-refractivity contribution in [3.63, 3.8) is 0 Å². The molecule has 0 bridgehead atoms. The van der Waals surface area contributed by atoms with Gasteiger partial charge in [-0.1, -0.05) is 0 Å². The van der Waals surface area contributed by atoms with E-state index in [0.717, 1.165) is 18.2 Å². The van der Waals surface area contributed by atoms with Gasteiger partial charge in [-0.3, -0.25) is 20.1 Å². The fraction of sp³-hybridized carbons (Fsp3) is 0. The summed E-state index contributed by atoms with van der Waals surface area (Å²) < 4.78 is 27.2. The van der Waals surface area contributed by atoms with Gasteiger partial charge in [0.15, 0.2) is 0 Å². The van der Waals surface area contributed by atoms with Gasteiger partial charge in [0.1, 0.15) is 23.8 Å². The first-order valence-electron chi connectivity index (χ1n) is 9.55. The molecule has 0 spiro atoms. The van der Waals surface area contributed by atoms with Crippen LogP contribution in [0.5, 0.6) is 0 Å². The number of nitrogen functional groups attached to an aromatic ring is 1. The second kappa shape index (κ2) is 10.4. The van der Waals surface area contributed by atoms with Crippen molar-refractivity contribution in [3.05, 3.63) is 106 Å². The van der Waals surface area contributed by atoms with Gasteiger partial charge in [-0.05, 0) is 48.5 Å². The topological polar surface area (TPSA) is 143 Å². The summed E-state index contributed by atoms with van der Waals surface area (Å²) in [7, 11) is 0. The minimum Gasteiger partial charge on any atom is -0.399 e.